The molecule has 0 aliphatic rings. The average molecular weight is 467 g/mol. The topological polar surface area (TPSA) is 91.7 Å². The molecule has 0 unspecified atom stereocenters. The largest absolute Gasteiger partial charge is 0.481 e. The zero-order valence-electron chi connectivity index (χ0n) is 20.9. The highest BCUT2D eigenvalue weighted by Crippen LogP contribution is 2.01. The van der Waals surface area contributed by atoms with E-state index >= 15 is 0 Å². The standard InChI is InChI=1S/C9H10O2.C8H8O2.C8H8O.2C2H6/c10-9(11)7-6-8-4-2-1-3-5-8;9-8(10)6-7-4-2-1-3-5-7;1-7(9)8-5-3-2-4-6-8;2*1-2/h1-5H,6-7H2,(H,10,11);1-5H,6H2,(H,9,10);2-6H,1H3;2*1-2H3. The van der Waals surface area contributed by atoms with Gasteiger partial charge in [-0.3, -0.25) is 14.4 Å². The number of hydrogen-bond donors (Lipinski definition) is 2. The van der Waals surface area contributed by atoms with Gasteiger partial charge in [-0.05, 0) is 24.5 Å². The molecule has 5 nitrogen and oxygen atoms in total. The lowest BCUT2D eigenvalue weighted by Gasteiger charge is -1.95. The number of carboxylic acid groups (broad SMARTS) is 2. The molecule has 3 aromatic carbocycles. The Morgan fingerprint density at radius 2 is 0.971 bits per heavy atom. The smallest absolute Gasteiger partial charge is 0.307 e. The van der Waals surface area contributed by atoms with Crippen LogP contribution in [0, 0.1) is 0 Å². The van der Waals surface area contributed by atoms with Crippen LogP contribution in [0.2, 0.25) is 0 Å². The van der Waals surface area contributed by atoms with E-state index in [1.807, 2.05) is 107 Å². The fourth-order valence-electron chi connectivity index (χ4n) is 2.34. The van der Waals surface area contributed by atoms with E-state index in [-0.39, 0.29) is 18.6 Å². The second-order valence-corrected chi connectivity index (χ2v) is 6.36. The number of Topliss-reactive ketones (excluding diaryl/α,β-unsaturated/α-hetero) is 1. The zero-order chi connectivity index (χ0) is 26.2. The second-order valence-electron chi connectivity index (χ2n) is 6.36. The normalized spacial score (nSPS) is 8.50. The number of rotatable bonds is 6. The van der Waals surface area contributed by atoms with Crippen LogP contribution >= 0.6 is 0 Å². The van der Waals surface area contributed by atoms with Crippen LogP contribution in [0.25, 0.3) is 0 Å². The minimum atomic E-state index is -0.786. The molecule has 0 heterocycles. The highest BCUT2D eigenvalue weighted by Gasteiger charge is 1.97. The van der Waals surface area contributed by atoms with Crippen molar-refractivity contribution in [2.24, 2.45) is 0 Å². The number of hydrogen-bond acceptors (Lipinski definition) is 3. The third kappa shape index (κ3) is 19.0. The van der Waals surface area contributed by atoms with Crippen molar-refractivity contribution in [1.29, 1.82) is 0 Å². The fourth-order valence-corrected chi connectivity index (χ4v) is 2.34. The molecule has 0 saturated heterocycles. The molecule has 0 saturated carbocycles. The number of aliphatic carboxylic acids is 2. The van der Waals surface area contributed by atoms with Crippen molar-refractivity contribution < 1.29 is 24.6 Å². The number of carbonyl (C=O) groups is 3. The maximum Gasteiger partial charge on any atom is 0.307 e. The molecule has 34 heavy (non-hydrogen) atoms. The van der Waals surface area contributed by atoms with Crippen LogP contribution in [0.1, 0.15) is 62.5 Å². The van der Waals surface area contributed by atoms with E-state index in [2.05, 4.69) is 0 Å². The fraction of sp³-hybridized carbons (Fsp3) is 0.276. The van der Waals surface area contributed by atoms with Crippen molar-refractivity contribution in [2.75, 3.05) is 0 Å². The van der Waals surface area contributed by atoms with Crippen LogP contribution in [-0.4, -0.2) is 27.9 Å². The predicted molar refractivity (Wildman–Crippen MR) is 139 cm³/mol. The molecule has 0 aliphatic carbocycles. The Labute approximate surface area is 204 Å². The van der Waals surface area contributed by atoms with E-state index in [9.17, 15) is 14.4 Å². The molecule has 184 valence electrons. The van der Waals surface area contributed by atoms with Gasteiger partial charge < -0.3 is 10.2 Å². The zero-order valence-corrected chi connectivity index (χ0v) is 20.9. The molecule has 0 radical (unpaired) electrons. The summed E-state index contributed by atoms with van der Waals surface area (Å²) in [6, 6.07) is 28.0. The van der Waals surface area contributed by atoms with Gasteiger partial charge in [-0.1, -0.05) is 119 Å². The molecule has 0 bridgehead atoms. The van der Waals surface area contributed by atoms with Crippen LogP contribution in [0.4, 0.5) is 0 Å². The molecule has 3 aromatic rings. The van der Waals surface area contributed by atoms with Crippen LogP contribution in [0.5, 0.6) is 0 Å². The number of carboxylic acids is 2. The Hall–Kier alpha value is -3.73. The van der Waals surface area contributed by atoms with Crippen molar-refractivity contribution in [3.63, 3.8) is 0 Å². The number of aryl methyl sites for hydroxylation is 1. The molecule has 0 aromatic heterocycles. The van der Waals surface area contributed by atoms with Crippen molar-refractivity contribution in [3.05, 3.63) is 108 Å². The quantitative estimate of drug-likeness (QED) is 0.383. The maximum absolute atomic E-state index is 10.6. The Morgan fingerprint density at radius 1 is 0.588 bits per heavy atom. The summed E-state index contributed by atoms with van der Waals surface area (Å²) in [6.45, 7) is 9.56. The lowest BCUT2D eigenvalue weighted by molar-refractivity contribution is -0.137. The Morgan fingerprint density at radius 3 is 1.29 bits per heavy atom. The minimum Gasteiger partial charge on any atom is -0.481 e. The first-order valence-corrected chi connectivity index (χ1v) is 11.5. The van der Waals surface area contributed by atoms with Crippen LogP contribution < -0.4 is 0 Å². The summed E-state index contributed by atoms with van der Waals surface area (Å²) in [6.07, 6.45) is 0.945. The third-order valence-corrected chi connectivity index (χ3v) is 3.85. The second kappa shape index (κ2) is 22.5. The van der Waals surface area contributed by atoms with E-state index < -0.39 is 11.9 Å². The summed E-state index contributed by atoms with van der Waals surface area (Å²) in [5.41, 5.74) is 2.70. The SMILES string of the molecule is CC.CC.CC(=O)c1ccccc1.O=C(O)CCc1ccccc1.O=C(O)Cc1ccccc1. The number of benzene rings is 3. The van der Waals surface area contributed by atoms with Crippen molar-refractivity contribution in [1.82, 2.24) is 0 Å². The summed E-state index contributed by atoms with van der Waals surface area (Å²) in [5, 5.41) is 16.7. The molecule has 0 fully saturated rings. The van der Waals surface area contributed by atoms with Gasteiger partial charge in [0.25, 0.3) is 0 Å². The van der Waals surface area contributed by atoms with Gasteiger partial charge in [-0.25, -0.2) is 0 Å². The molecule has 0 spiro atoms. The van der Waals surface area contributed by atoms with Gasteiger partial charge in [0.15, 0.2) is 5.78 Å². The van der Waals surface area contributed by atoms with E-state index in [1.165, 1.54) is 0 Å². The predicted octanol–water partition coefficient (Wildman–Crippen LogP) is 6.96. The Kier molecular flexibility index (Phi) is 21.4. The van der Waals surface area contributed by atoms with E-state index in [0.717, 1.165) is 16.7 Å². The number of carbonyl (C=O) groups excluding carboxylic acids is 1. The molecule has 0 aliphatic heterocycles. The molecular weight excluding hydrogens is 428 g/mol. The molecular formula is C29H38O5. The van der Waals surface area contributed by atoms with Gasteiger partial charge in [0, 0.05) is 12.0 Å². The summed E-state index contributed by atoms with van der Waals surface area (Å²) >= 11 is 0. The summed E-state index contributed by atoms with van der Waals surface area (Å²) in [7, 11) is 0. The molecule has 2 N–H and O–H groups in total. The lowest BCUT2D eigenvalue weighted by Crippen LogP contribution is -1.98. The van der Waals surface area contributed by atoms with Gasteiger partial charge in [0.1, 0.15) is 0 Å². The molecule has 0 amide bonds. The van der Waals surface area contributed by atoms with Gasteiger partial charge >= 0.3 is 11.9 Å². The molecule has 3 rings (SSSR count). The van der Waals surface area contributed by atoms with Crippen LogP contribution in [-0.2, 0) is 22.4 Å². The highest BCUT2D eigenvalue weighted by molar-refractivity contribution is 5.93. The first-order chi connectivity index (χ1) is 16.4. The van der Waals surface area contributed by atoms with Crippen molar-refractivity contribution >= 4 is 17.7 Å². The van der Waals surface area contributed by atoms with E-state index in [0.29, 0.717) is 6.42 Å². The van der Waals surface area contributed by atoms with Gasteiger partial charge in [-0.15, -0.1) is 0 Å². The van der Waals surface area contributed by atoms with Crippen molar-refractivity contribution in [3.8, 4) is 0 Å². The summed E-state index contributed by atoms with van der Waals surface area (Å²) in [4.78, 5) is 31.0. The van der Waals surface area contributed by atoms with E-state index in [4.69, 9.17) is 10.2 Å². The first-order valence-electron chi connectivity index (χ1n) is 11.5. The summed E-state index contributed by atoms with van der Waals surface area (Å²) in [5.74, 6) is -1.41. The lowest BCUT2D eigenvalue weighted by atomic mass is 10.1. The average Bonchev–Trinajstić information content (AvgIpc) is 2.87. The number of ketones is 1. The summed E-state index contributed by atoms with van der Waals surface area (Å²) < 4.78 is 0. The van der Waals surface area contributed by atoms with Crippen LogP contribution in [0.3, 0.4) is 0 Å². The van der Waals surface area contributed by atoms with Crippen molar-refractivity contribution in [2.45, 2.75) is 53.9 Å². The van der Waals surface area contributed by atoms with Gasteiger partial charge in [0.05, 0.1) is 6.42 Å². The Bertz CT molecular complexity index is 892. The first kappa shape index (κ1) is 32.4. The van der Waals surface area contributed by atoms with Gasteiger partial charge in [-0.2, -0.15) is 0 Å². The monoisotopic (exact) mass is 466 g/mol. The molecule has 5 heteroatoms. The third-order valence-electron chi connectivity index (χ3n) is 3.85. The Balaban J connectivity index is 0. The van der Waals surface area contributed by atoms with Crippen LogP contribution in [0.15, 0.2) is 91.0 Å². The van der Waals surface area contributed by atoms with Gasteiger partial charge in [0.2, 0.25) is 0 Å². The maximum atomic E-state index is 10.6. The molecule has 0 atom stereocenters. The minimum absolute atomic E-state index is 0.112. The highest BCUT2D eigenvalue weighted by atomic mass is 16.4. The van der Waals surface area contributed by atoms with E-state index in [1.54, 1.807) is 19.1 Å².